The summed E-state index contributed by atoms with van der Waals surface area (Å²) in [7, 11) is 0. The van der Waals surface area contributed by atoms with Crippen LogP contribution in [0.2, 0.25) is 0 Å². The van der Waals surface area contributed by atoms with Gasteiger partial charge < -0.3 is 5.32 Å². The molecule has 1 atom stereocenters. The molecule has 1 N–H and O–H groups in total. The number of hydrogen-bond donors (Lipinski definition) is 2. The molecule has 2 nitrogen and oxygen atoms in total. The number of thiol groups is 1. The van der Waals surface area contributed by atoms with Gasteiger partial charge in [-0.1, -0.05) is 24.6 Å². The van der Waals surface area contributed by atoms with Gasteiger partial charge in [0, 0.05) is 5.56 Å². The number of rotatable bonds is 3. The van der Waals surface area contributed by atoms with Crippen LogP contribution in [0.25, 0.3) is 0 Å². The molecular weight excluding hydrogens is 206 g/mol. The number of carbonyl (C=O) groups is 1. The summed E-state index contributed by atoms with van der Waals surface area (Å²) < 4.78 is 0. The van der Waals surface area contributed by atoms with Crippen LogP contribution in [-0.2, 0) is 0 Å². The lowest BCUT2D eigenvalue weighted by Crippen LogP contribution is -2.40. The van der Waals surface area contributed by atoms with Crippen LogP contribution in [0.15, 0.2) is 24.3 Å². The van der Waals surface area contributed by atoms with Gasteiger partial charge in [-0.3, -0.25) is 4.79 Å². The van der Waals surface area contributed by atoms with Crippen molar-refractivity contribution in [1.82, 2.24) is 5.32 Å². The van der Waals surface area contributed by atoms with E-state index in [0.29, 0.717) is 5.56 Å². The van der Waals surface area contributed by atoms with Gasteiger partial charge in [0.25, 0.3) is 5.91 Å². The Morgan fingerprint density at radius 1 is 1.53 bits per heavy atom. The SMILES string of the molecule is CCC(C)(S)NC(=O)c1cccc(C)c1. The van der Waals surface area contributed by atoms with E-state index in [1.54, 1.807) is 0 Å². The fourth-order valence-electron chi connectivity index (χ4n) is 1.19. The van der Waals surface area contributed by atoms with Crippen LogP contribution >= 0.6 is 12.6 Å². The predicted octanol–water partition coefficient (Wildman–Crippen LogP) is 2.78. The molecule has 0 aliphatic rings. The molecule has 0 radical (unpaired) electrons. The van der Waals surface area contributed by atoms with E-state index < -0.39 is 4.87 Å². The Kier molecular flexibility index (Phi) is 3.80. The highest BCUT2D eigenvalue weighted by Gasteiger charge is 2.19. The highest BCUT2D eigenvalue weighted by molar-refractivity contribution is 7.81. The quantitative estimate of drug-likeness (QED) is 0.599. The first-order valence-electron chi connectivity index (χ1n) is 5.06. The van der Waals surface area contributed by atoms with Crippen LogP contribution < -0.4 is 5.32 Å². The molecule has 15 heavy (non-hydrogen) atoms. The van der Waals surface area contributed by atoms with E-state index in [2.05, 4.69) is 17.9 Å². The summed E-state index contributed by atoms with van der Waals surface area (Å²) in [6.07, 6.45) is 0.785. The molecular formula is C12H17NOS. The molecule has 0 saturated heterocycles. The molecule has 1 aromatic carbocycles. The van der Waals surface area contributed by atoms with Gasteiger partial charge >= 0.3 is 0 Å². The van der Waals surface area contributed by atoms with Gasteiger partial charge in [0.2, 0.25) is 0 Å². The van der Waals surface area contributed by atoms with Crippen LogP contribution in [0.5, 0.6) is 0 Å². The van der Waals surface area contributed by atoms with Crippen molar-refractivity contribution in [3.05, 3.63) is 35.4 Å². The Hall–Kier alpha value is -0.960. The van der Waals surface area contributed by atoms with Gasteiger partial charge in [-0.15, -0.1) is 0 Å². The molecule has 3 heteroatoms. The maximum absolute atomic E-state index is 11.8. The van der Waals surface area contributed by atoms with Crippen LogP contribution in [0.4, 0.5) is 0 Å². The minimum absolute atomic E-state index is 0.0712. The van der Waals surface area contributed by atoms with E-state index in [0.717, 1.165) is 12.0 Å². The summed E-state index contributed by atoms with van der Waals surface area (Å²) in [5.74, 6) is -0.0712. The number of amides is 1. The summed E-state index contributed by atoms with van der Waals surface area (Å²) >= 11 is 4.37. The maximum atomic E-state index is 11.8. The average Bonchev–Trinajstić information content (AvgIpc) is 2.17. The van der Waals surface area contributed by atoms with E-state index >= 15 is 0 Å². The maximum Gasteiger partial charge on any atom is 0.252 e. The fourth-order valence-corrected chi connectivity index (χ4v) is 1.29. The van der Waals surface area contributed by atoms with Crippen molar-refractivity contribution < 1.29 is 4.79 Å². The highest BCUT2D eigenvalue weighted by atomic mass is 32.1. The summed E-state index contributed by atoms with van der Waals surface area (Å²) in [4.78, 5) is 11.4. The Bertz CT molecular complexity index is 360. The minimum atomic E-state index is -0.444. The number of nitrogens with one attached hydrogen (secondary N) is 1. The molecule has 0 aliphatic carbocycles. The zero-order valence-electron chi connectivity index (χ0n) is 9.37. The minimum Gasteiger partial charge on any atom is -0.338 e. The third-order valence-corrected chi connectivity index (χ3v) is 2.78. The number of benzene rings is 1. The molecule has 0 fully saturated rings. The average molecular weight is 223 g/mol. The van der Waals surface area contributed by atoms with Crippen molar-refractivity contribution in [3.63, 3.8) is 0 Å². The largest absolute Gasteiger partial charge is 0.338 e. The first-order chi connectivity index (χ1) is 6.94. The van der Waals surface area contributed by atoms with Gasteiger partial charge in [-0.05, 0) is 32.4 Å². The predicted molar refractivity (Wildman–Crippen MR) is 66.3 cm³/mol. The van der Waals surface area contributed by atoms with Crippen molar-refractivity contribution in [2.45, 2.75) is 32.1 Å². The molecule has 0 saturated carbocycles. The lowest BCUT2D eigenvalue weighted by Gasteiger charge is -2.23. The van der Waals surface area contributed by atoms with Gasteiger partial charge in [0.15, 0.2) is 0 Å². The summed E-state index contributed by atoms with van der Waals surface area (Å²) in [5, 5.41) is 2.87. The lowest BCUT2D eigenvalue weighted by molar-refractivity contribution is 0.0932. The zero-order chi connectivity index (χ0) is 11.5. The second-order valence-electron chi connectivity index (χ2n) is 3.95. The second-order valence-corrected chi connectivity index (χ2v) is 4.94. The standard InChI is InChI=1S/C12H17NOS/c1-4-12(3,15)13-11(14)10-7-5-6-9(2)8-10/h5-8,15H,4H2,1-3H3,(H,13,14). The van der Waals surface area contributed by atoms with E-state index in [-0.39, 0.29) is 5.91 Å². The zero-order valence-corrected chi connectivity index (χ0v) is 10.3. The van der Waals surface area contributed by atoms with Crippen LogP contribution in [0.1, 0.15) is 36.2 Å². The van der Waals surface area contributed by atoms with E-state index in [1.165, 1.54) is 0 Å². The molecule has 1 aromatic rings. The summed E-state index contributed by atoms with van der Waals surface area (Å²) in [6.45, 7) is 5.85. The van der Waals surface area contributed by atoms with Crippen molar-refractivity contribution in [2.24, 2.45) is 0 Å². The highest BCUT2D eigenvalue weighted by Crippen LogP contribution is 2.15. The van der Waals surface area contributed by atoms with Crippen LogP contribution in [0.3, 0.4) is 0 Å². The normalized spacial score (nSPS) is 14.4. The van der Waals surface area contributed by atoms with Crippen molar-refractivity contribution in [1.29, 1.82) is 0 Å². The first kappa shape index (κ1) is 12.1. The van der Waals surface area contributed by atoms with Crippen molar-refractivity contribution in [2.75, 3.05) is 0 Å². The molecule has 0 heterocycles. The van der Waals surface area contributed by atoms with Gasteiger partial charge in [0.1, 0.15) is 0 Å². The van der Waals surface area contributed by atoms with Crippen LogP contribution in [-0.4, -0.2) is 10.8 Å². The molecule has 0 aliphatic heterocycles. The monoisotopic (exact) mass is 223 g/mol. The van der Waals surface area contributed by atoms with Crippen LogP contribution in [0, 0.1) is 6.92 Å². The van der Waals surface area contributed by atoms with Gasteiger partial charge in [0.05, 0.1) is 4.87 Å². The molecule has 1 amide bonds. The Morgan fingerprint density at radius 3 is 2.73 bits per heavy atom. The molecule has 1 unspecified atom stereocenters. The second kappa shape index (κ2) is 4.71. The number of aryl methyl sites for hydroxylation is 1. The Balaban J connectivity index is 2.78. The fraction of sp³-hybridized carbons (Fsp3) is 0.417. The molecule has 0 bridgehead atoms. The molecule has 82 valence electrons. The Labute approximate surface area is 96.5 Å². The number of carbonyl (C=O) groups excluding carboxylic acids is 1. The smallest absolute Gasteiger partial charge is 0.252 e. The van der Waals surface area contributed by atoms with E-state index in [1.807, 2.05) is 45.0 Å². The van der Waals surface area contributed by atoms with E-state index in [4.69, 9.17) is 0 Å². The van der Waals surface area contributed by atoms with Gasteiger partial charge in [-0.2, -0.15) is 12.6 Å². The summed E-state index contributed by atoms with van der Waals surface area (Å²) in [5.41, 5.74) is 1.77. The topological polar surface area (TPSA) is 29.1 Å². The summed E-state index contributed by atoms with van der Waals surface area (Å²) in [6, 6.07) is 7.53. The Morgan fingerprint density at radius 2 is 2.20 bits per heavy atom. The lowest BCUT2D eigenvalue weighted by atomic mass is 10.1. The molecule has 1 rings (SSSR count). The third kappa shape index (κ3) is 3.59. The van der Waals surface area contributed by atoms with E-state index in [9.17, 15) is 4.79 Å². The van der Waals surface area contributed by atoms with Crippen molar-refractivity contribution >= 4 is 18.5 Å². The molecule has 0 aromatic heterocycles. The van der Waals surface area contributed by atoms with Gasteiger partial charge in [-0.25, -0.2) is 0 Å². The molecule has 0 spiro atoms. The van der Waals surface area contributed by atoms with Crippen molar-refractivity contribution in [3.8, 4) is 0 Å². The first-order valence-corrected chi connectivity index (χ1v) is 5.51. The number of hydrogen-bond acceptors (Lipinski definition) is 2. The third-order valence-electron chi connectivity index (χ3n) is 2.35.